The van der Waals surface area contributed by atoms with E-state index in [-0.39, 0.29) is 5.56 Å². The molecule has 4 heteroatoms. The Morgan fingerprint density at radius 1 is 1.17 bits per heavy atom. The maximum absolute atomic E-state index is 13.9. The number of benzene rings is 1. The van der Waals surface area contributed by atoms with Crippen molar-refractivity contribution in [3.63, 3.8) is 0 Å². The number of hydrogen-bond donors (Lipinski definition) is 0. The highest BCUT2D eigenvalue weighted by atomic mass is 19.3. The highest BCUT2D eigenvalue weighted by molar-refractivity contribution is 5.51. The van der Waals surface area contributed by atoms with Crippen molar-refractivity contribution >= 4 is 6.08 Å². The maximum atomic E-state index is 13.9. The molecule has 0 atom stereocenters. The second-order valence-corrected chi connectivity index (χ2v) is 6.27. The van der Waals surface area contributed by atoms with Crippen LogP contribution in [0.15, 0.2) is 24.3 Å². The lowest BCUT2D eigenvalue weighted by Crippen LogP contribution is -2.21. The minimum atomic E-state index is -1.88. The number of unbranched alkanes of at least 4 members (excludes halogenated alkanes) is 2. The normalized spacial score (nSPS) is 21.2. The highest BCUT2D eigenvalue weighted by Gasteiger charge is 2.23. The lowest BCUT2D eigenvalue weighted by Gasteiger charge is -2.29. The molecule has 1 saturated carbocycles. The van der Waals surface area contributed by atoms with E-state index in [1.54, 1.807) is 6.07 Å². The minimum Gasteiger partial charge on any atom is -0.378 e. The van der Waals surface area contributed by atoms with Gasteiger partial charge >= 0.3 is 0 Å². The van der Waals surface area contributed by atoms with Crippen LogP contribution < -0.4 is 0 Å². The topological polar surface area (TPSA) is 9.23 Å². The molecular weight excluding hydrogens is 301 g/mol. The number of halogens is 3. The molecule has 0 amide bonds. The lowest BCUT2D eigenvalue weighted by molar-refractivity contribution is 0.0227. The van der Waals surface area contributed by atoms with Gasteiger partial charge in [0.2, 0.25) is 0 Å². The van der Waals surface area contributed by atoms with Gasteiger partial charge in [-0.2, -0.15) is 8.78 Å². The van der Waals surface area contributed by atoms with Gasteiger partial charge < -0.3 is 4.74 Å². The van der Waals surface area contributed by atoms with Gasteiger partial charge in [0.1, 0.15) is 5.82 Å². The van der Waals surface area contributed by atoms with E-state index in [0.29, 0.717) is 18.1 Å². The summed E-state index contributed by atoms with van der Waals surface area (Å²) in [5, 5.41) is 0. The van der Waals surface area contributed by atoms with Crippen molar-refractivity contribution in [1.82, 2.24) is 0 Å². The molecule has 0 radical (unpaired) electrons. The number of ether oxygens (including phenoxy) is 1. The molecule has 2 rings (SSSR count). The predicted octanol–water partition coefficient (Wildman–Crippen LogP) is 6.30. The van der Waals surface area contributed by atoms with Crippen molar-refractivity contribution in [2.45, 2.75) is 63.9 Å². The summed E-state index contributed by atoms with van der Waals surface area (Å²) < 4.78 is 44.2. The zero-order valence-electron chi connectivity index (χ0n) is 13.7. The third-order valence-electron chi connectivity index (χ3n) is 4.54. The molecule has 0 aliphatic heterocycles. The Kier molecular flexibility index (Phi) is 7.15. The second kappa shape index (κ2) is 9.11. The van der Waals surface area contributed by atoms with Crippen LogP contribution >= 0.6 is 0 Å². The zero-order chi connectivity index (χ0) is 16.7. The average Bonchev–Trinajstić information content (AvgIpc) is 2.54. The zero-order valence-corrected chi connectivity index (χ0v) is 13.7. The number of rotatable bonds is 7. The fourth-order valence-corrected chi connectivity index (χ4v) is 3.20. The van der Waals surface area contributed by atoms with E-state index < -0.39 is 11.9 Å². The maximum Gasteiger partial charge on any atom is 0.271 e. The Hall–Kier alpha value is -1.29. The van der Waals surface area contributed by atoms with Crippen LogP contribution in [0.2, 0.25) is 0 Å². The van der Waals surface area contributed by atoms with Crippen molar-refractivity contribution in [2.24, 2.45) is 0 Å². The van der Waals surface area contributed by atoms with E-state index >= 15 is 0 Å². The van der Waals surface area contributed by atoms with E-state index in [0.717, 1.165) is 44.3 Å². The van der Waals surface area contributed by atoms with Gasteiger partial charge in [0.15, 0.2) is 0 Å². The average molecular weight is 326 g/mol. The molecule has 0 heterocycles. The van der Waals surface area contributed by atoms with Crippen molar-refractivity contribution in [1.29, 1.82) is 0 Å². The quantitative estimate of drug-likeness (QED) is 0.535. The summed E-state index contributed by atoms with van der Waals surface area (Å²) >= 11 is 0. The van der Waals surface area contributed by atoms with Crippen LogP contribution in [-0.2, 0) is 4.74 Å². The smallest absolute Gasteiger partial charge is 0.271 e. The Morgan fingerprint density at radius 2 is 1.91 bits per heavy atom. The summed E-state index contributed by atoms with van der Waals surface area (Å²) in [7, 11) is 0. The lowest BCUT2D eigenvalue weighted by atomic mass is 9.82. The van der Waals surface area contributed by atoms with E-state index in [2.05, 4.69) is 6.92 Å². The van der Waals surface area contributed by atoms with Crippen LogP contribution in [-0.4, -0.2) is 12.7 Å². The van der Waals surface area contributed by atoms with Gasteiger partial charge in [-0.25, -0.2) is 4.39 Å². The first-order chi connectivity index (χ1) is 11.1. The molecule has 1 aliphatic rings. The molecule has 1 fully saturated rings. The molecule has 1 nitrogen and oxygen atoms in total. The minimum absolute atomic E-state index is 0.0540. The van der Waals surface area contributed by atoms with Gasteiger partial charge in [0.05, 0.1) is 6.10 Å². The molecule has 23 heavy (non-hydrogen) atoms. The standard InChI is InChI=1S/C19H25F3O/c1-2-3-4-11-23-17-9-7-14(8-10-17)15-5-6-16(13-19(21)22)18(20)12-15/h5-6,12-14,17H,2-4,7-11H2,1H3. The van der Waals surface area contributed by atoms with Gasteiger partial charge in [0.25, 0.3) is 6.08 Å². The van der Waals surface area contributed by atoms with Crippen LogP contribution in [0, 0.1) is 5.82 Å². The van der Waals surface area contributed by atoms with E-state index in [1.807, 2.05) is 0 Å². The van der Waals surface area contributed by atoms with Crippen molar-refractivity contribution in [3.05, 3.63) is 41.2 Å². The fraction of sp³-hybridized carbons (Fsp3) is 0.579. The molecule has 1 aromatic carbocycles. The summed E-state index contributed by atoms with van der Waals surface area (Å²) in [6.45, 7) is 3.00. The van der Waals surface area contributed by atoms with Gasteiger partial charge in [-0.1, -0.05) is 31.9 Å². The first-order valence-electron chi connectivity index (χ1n) is 8.54. The van der Waals surface area contributed by atoms with Gasteiger partial charge in [-0.15, -0.1) is 0 Å². The Balaban J connectivity index is 1.85. The predicted molar refractivity (Wildman–Crippen MR) is 87.1 cm³/mol. The summed E-state index contributed by atoms with van der Waals surface area (Å²) in [5.41, 5.74) is 0.852. The fourth-order valence-electron chi connectivity index (χ4n) is 3.20. The van der Waals surface area contributed by atoms with Crippen LogP contribution in [0.1, 0.15) is 68.9 Å². The second-order valence-electron chi connectivity index (χ2n) is 6.27. The Bertz CT molecular complexity index is 515. The molecular formula is C19H25F3O. The van der Waals surface area contributed by atoms with Crippen molar-refractivity contribution < 1.29 is 17.9 Å². The molecule has 0 bridgehead atoms. The third kappa shape index (κ3) is 5.69. The van der Waals surface area contributed by atoms with Crippen LogP contribution in [0.5, 0.6) is 0 Å². The van der Waals surface area contributed by atoms with Gasteiger partial charge in [0, 0.05) is 18.2 Å². The Labute approximate surface area is 136 Å². The van der Waals surface area contributed by atoms with Crippen molar-refractivity contribution in [2.75, 3.05) is 6.61 Å². The van der Waals surface area contributed by atoms with E-state index in [1.165, 1.54) is 25.0 Å². The van der Waals surface area contributed by atoms with E-state index in [4.69, 9.17) is 4.74 Å². The highest BCUT2D eigenvalue weighted by Crippen LogP contribution is 2.35. The summed E-state index contributed by atoms with van der Waals surface area (Å²) in [6, 6.07) is 4.62. The van der Waals surface area contributed by atoms with Crippen molar-refractivity contribution in [3.8, 4) is 0 Å². The Morgan fingerprint density at radius 3 is 2.52 bits per heavy atom. The largest absolute Gasteiger partial charge is 0.378 e. The van der Waals surface area contributed by atoms with Gasteiger partial charge in [-0.05, 0) is 49.7 Å². The molecule has 128 valence electrons. The van der Waals surface area contributed by atoms with Crippen LogP contribution in [0.4, 0.5) is 13.2 Å². The number of hydrogen-bond acceptors (Lipinski definition) is 1. The SMILES string of the molecule is CCCCCOC1CCC(c2ccc(C=C(F)F)c(F)c2)CC1. The summed E-state index contributed by atoms with van der Waals surface area (Å²) in [6.07, 6.45) is 6.41. The van der Waals surface area contributed by atoms with Crippen LogP contribution in [0.25, 0.3) is 6.08 Å². The first kappa shape index (κ1) is 18.1. The third-order valence-corrected chi connectivity index (χ3v) is 4.54. The first-order valence-corrected chi connectivity index (χ1v) is 8.54. The molecule has 0 aromatic heterocycles. The molecule has 0 spiro atoms. The summed E-state index contributed by atoms with van der Waals surface area (Å²) in [4.78, 5) is 0. The monoisotopic (exact) mass is 326 g/mol. The molecule has 0 N–H and O–H groups in total. The summed E-state index contributed by atoms with van der Waals surface area (Å²) in [5.74, 6) is -0.276. The molecule has 0 saturated heterocycles. The molecule has 0 unspecified atom stereocenters. The van der Waals surface area contributed by atoms with Crippen LogP contribution in [0.3, 0.4) is 0 Å². The van der Waals surface area contributed by atoms with E-state index in [9.17, 15) is 13.2 Å². The molecule has 1 aromatic rings. The molecule has 1 aliphatic carbocycles. The van der Waals surface area contributed by atoms with Gasteiger partial charge in [-0.3, -0.25) is 0 Å².